The summed E-state index contributed by atoms with van der Waals surface area (Å²) in [6.45, 7) is 0.698. The first-order valence-corrected chi connectivity index (χ1v) is 7.24. The van der Waals surface area contributed by atoms with Crippen LogP contribution in [-0.2, 0) is 16.1 Å². The van der Waals surface area contributed by atoms with Gasteiger partial charge in [0.1, 0.15) is 0 Å². The van der Waals surface area contributed by atoms with Crippen molar-refractivity contribution in [2.24, 2.45) is 0 Å². The number of halogens is 1. The fourth-order valence-corrected chi connectivity index (χ4v) is 3.18. The number of ether oxygens (including phenoxy) is 1. The molecule has 1 aliphatic rings. The van der Waals surface area contributed by atoms with E-state index in [1.54, 1.807) is 0 Å². The van der Waals surface area contributed by atoms with E-state index in [2.05, 4.69) is 26.6 Å². The van der Waals surface area contributed by atoms with Gasteiger partial charge in [0.25, 0.3) is 0 Å². The molecule has 0 spiro atoms. The highest BCUT2D eigenvalue weighted by Gasteiger charge is 2.43. The zero-order valence-corrected chi connectivity index (χ0v) is 12.3. The standard InChI is InChI=1S/C11H13BrN2O4S/c12-8-2-1-7(19-8)5-13-10(17)14-11(9(15)16)3-4-18-6-11/h1-2H,3-6H2,(H,15,16)(H2,13,14,17). The minimum atomic E-state index is -1.31. The van der Waals surface area contributed by atoms with E-state index in [0.29, 0.717) is 13.2 Å². The van der Waals surface area contributed by atoms with E-state index in [4.69, 9.17) is 4.74 Å². The summed E-state index contributed by atoms with van der Waals surface area (Å²) in [5.41, 5.74) is -1.31. The molecule has 0 aliphatic carbocycles. The number of carbonyl (C=O) groups is 2. The SMILES string of the molecule is O=C(NCc1ccc(Br)s1)NC1(C(=O)O)CCOC1. The summed E-state index contributed by atoms with van der Waals surface area (Å²) in [5, 5.41) is 14.3. The third-order valence-electron chi connectivity index (χ3n) is 2.84. The molecule has 19 heavy (non-hydrogen) atoms. The molecule has 1 atom stereocenters. The predicted octanol–water partition coefficient (Wildman–Crippen LogP) is 1.55. The smallest absolute Gasteiger partial charge is 0.332 e. The number of hydrogen-bond acceptors (Lipinski definition) is 4. The average molecular weight is 349 g/mol. The van der Waals surface area contributed by atoms with Crippen molar-refractivity contribution in [2.75, 3.05) is 13.2 Å². The Morgan fingerprint density at radius 2 is 2.32 bits per heavy atom. The van der Waals surface area contributed by atoms with Crippen LogP contribution in [0.2, 0.25) is 0 Å². The van der Waals surface area contributed by atoms with Gasteiger partial charge in [-0.3, -0.25) is 0 Å². The Morgan fingerprint density at radius 1 is 1.53 bits per heavy atom. The quantitative estimate of drug-likeness (QED) is 0.770. The van der Waals surface area contributed by atoms with Gasteiger partial charge in [0.2, 0.25) is 0 Å². The van der Waals surface area contributed by atoms with E-state index >= 15 is 0 Å². The van der Waals surface area contributed by atoms with Crippen LogP contribution >= 0.6 is 27.3 Å². The zero-order valence-electron chi connectivity index (χ0n) is 9.94. The summed E-state index contributed by atoms with van der Waals surface area (Å²) in [6, 6.07) is 3.28. The maximum absolute atomic E-state index is 11.7. The van der Waals surface area contributed by atoms with E-state index in [9.17, 15) is 14.7 Å². The number of carboxylic acid groups (broad SMARTS) is 1. The van der Waals surface area contributed by atoms with Gasteiger partial charge in [-0.05, 0) is 28.1 Å². The minimum absolute atomic E-state index is 0.000301. The minimum Gasteiger partial charge on any atom is -0.479 e. The Hall–Kier alpha value is -1.12. The van der Waals surface area contributed by atoms with Gasteiger partial charge in [0, 0.05) is 17.9 Å². The zero-order chi connectivity index (χ0) is 13.9. The van der Waals surface area contributed by atoms with E-state index in [-0.39, 0.29) is 13.0 Å². The monoisotopic (exact) mass is 348 g/mol. The molecule has 2 amide bonds. The average Bonchev–Trinajstić information content (AvgIpc) is 2.97. The molecule has 104 valence electrons. The van der Waals surface area contributed by atoms with Crippen molar-refractivity contribution in [1.82, 2.24) is 10.6 Å². The highest BCUT2D eigenvalue weighted by Crippen LogP contribution is 2.22. The van der Waals surface area contributed by atoms with E-state index in [1.807, 2.05) is 12.1 Å². The molecule has 2 heterocycles. The molecular formula is C11H13BrN2O4S. The van der Waals surface area contributed by atoms with Gasteiger partial charge in [-0.15, -0.1) is 11.3 Å². The molecule has 1 fully saturated rings. The van der Waals surface area contributed by atoms with Crippen molar-refractivity contribution in [1.29, 1.82) is 0 Å². The molecule has 2 rings (SSSR count). The Kier molecular flexibility index (Phi) is 4.43. The highest BCUT2D eigenvalue weighted by atomic mass is 79.9. The van der Waals surface area contributed by atoms with Crippen LogP contribution in [-0.4, -0.2) is 35.9 Å². The van der Waals surface area contributed by atoms with Gasteiger partial charge in [0.15, 0.2) is 5.54 Å². The van der Waals surface area contributed by atoms with Crippen molar-refractivity contribution < 1.29 is 19.4 Å². The van der Waals surface area contributed by atoms with Crippen LogP contribution in [0.25, 0.3) is 0 Å². The molecule has 1 aromatic rings. The van der Waals surface area contributed by atoms with Gasteiger partial charge in [-0.25, -0.2) is 9.59 Å². The second kappa shape index (κ2) is 5.89. The number of nitrogens with one attached hydrogen (secondary N) is 2. The lowest BCUT2D eigenvalue weighted by molar-refractivity contribution is -0.144. The van der Waals surface area contributed by atoms with E-state index < -0.39 is 17.5 Å². The number of aliphatic carboxylic acids is 1. The number of hydrogen-bond donors (Lipinski definition) is 3. The van der Waals surface area contributed by atoms with Crippen LogP contribution in [0.15, 0.2) is 15.9 Å². The van der Waals surface area contributed by atoms with Crippen molar-refractivity contribution >= 4 is 39.3 Å². The molecule has 0 saturated carbocycles. The van der Waals surface area contributed by atoms with E-state index in [0.717, 1.165) is 8.66 Å². The molecule has 3 N–H and O–H groups in total. The fourth-order valence-electron chi connectivity index (χ4n) is 1.76. The second-order valence-electron chi connectivity index (χ2n) is 4.20. The number of thiophene rings is 1. The first kappa shape index (κ1) is 14.3. The Morgan fingerprint density at radius 3 is 2.84 bits per heavy atom. The van der Waals surface area contributed by atoms with Crippen LogP contribution in [0.1, 0.15) is 11.3 Å². The summed E-state index contributed by atoms with van der Waals surface area (Å²) in [5.74, 6) is -1.07. The topological polar surface area (TPSA) is 87.7 Å². The summed E-state index contributed by atoms with van der Waals surface area (Å²) >= 11 is 4.84. The first-order valence-electron chi connectivity index (χ1n) is 5.63. The van der Waals surface area contributed by atoms with Crippen molar-refractivity contribution in [2.45, 2.75) is 18.5 Å². The summed E-state index contributed by atoms with van der Waals surface area (Å²) in [7, 11) is 0. The molecule has 1 saturated heterocycles. The van der Waals surface area contributed by atoms with Gasteiger partial charge in [0.05, 0.1) is 16.9 Å². The van der Waals surface area contributed by atoms with Crippen LogP contribution in [0.3, 0.4) is 0 Å². The lowest BCUT2D eigenvalue weighted by Gasteiger charge is -2.23. The Balaban J connectivity index is 1.88. The second-order valence-corrected chi connectivity index (χ2v) is 6.75. The highest BCUT2D eigenvalue weighted by molar-refractivity contribution is 9.11. The normalized spacial score (nSPS) is 22.2. The first-order chi connectivity index (χ1) is 9.02. The third-order valence-corrected chi connectivity index (χ3v) is 4.46. The van der Waals surface area contributed by atoms with Crippen LogP contribution < -0.4 is 10.6 Å². The number of rotatable bonds is 4. The lowest BCUT2D eigenvalue weighted by atomic mass is 9.99. The molecular weight excluding hydrogens is 336 g/mol. The molecule has 8 heteroatoms. The fraction of sp³-hybridized carbons (Fsp3) is 0.455. The molecule has 1 aliphatic heterocycles. The largest absolute Gasteiger partial charge is 0.479 e. The Labute approximate surface area is 122 Å². The molecule has 6 nitrogen and oxygen atoms in total. The number of carbonyl (C=O) groups excluding carboxylic acids is 1. The molecule has 0 bridgehead atoms. The molecule has 0 radical (unpaired) electrons. The number of carboxylic acids is 1. The molecule has 0 aromatic carbocycles. The maximum atomic E-state index is 11.7. The summed E-state index contributed by atoms with van der Waals surface area (Å²) < 4.78 is 6.04. The van der Waals surface area contributed by atoms with Gasteiger partial charge < -0.3 is 20.5 Å². The molecule has 1 aromatic heterocycles. The van der Waals surface area contributed by atoms with Crippen molar-refractivity contribution in [3.63, 3.8) is 0 Å². The van der Waals surface area contributed by atoms with Crippen molar-refractivity contribution in [3.05, 3.63) is 20.8 Å². The summed E-state index contributed by atoms with van der Waals surface area (Å²) in [6.07, 6.45) is 0.278. The molecule has 1 unspecified atom stereocenters. The third kappa shape index (κ3) is 3.46. The van der Waals surface area contributed by atoms with Crippen LogP contribution in [0, 0.1) is 0 Å². The number of urea groups is 1. The van der Waals surface area contributed by atoms with Gasteiger partial charge in [-0.2, -0.15) is 0 Å². The van der Waals surface area contributed by atoms with Gasteiger partial charge in [-0.1, -0.05) is 0 Å². The van der Waals surface area contributed by atoms with Crippen LogP contribution in [0.4, 0.5) is 4.79 Å². The maximum Gasteiger partial charge on any atom is 0.332 e. The van der Waals surface area contributed by atoms with Crippen LogP contribution in [0.5, 0.6) is 0 Å². The van der Waals surface area contributed by atoms with Crippen molar-refractivity contribution in [3.8, 4) is 0 Å². The summed E-state index contributed by atoms with van der Waals surface area (Å²) in [4.78, 5) is 23.9. The lowest BCUT2D eigenvalue weighted by Crippen LogP contribution is -2.57. The Bertz CT molecular complexity index is 485. The van der Waals surface area contributed by atoms with Gasteiger partial charge >= 0.3 is 12.0 Å². The van der Waals surface area contributed by atoms with E-state index in [1.165, 1.54) is 11.3 Å². The number of amides is 2. The predicted molar refractivity (Wildman–Crippen MR) is 73.2 cm³/mol.